The molecule has 4 rings (SSSR count). The van der Waals surface area contributed by atoms with Gasteiger partial charge in [0.1, 0.15) is 5.82 Å². The zero-order chi connectivity index (χ0) is 19.0. The molecule has 2 nitrogen and oxygen atoms in total. The molecule has 2 saturated heterocycles. The summed E-state index contributed by atoms with van der Waals surface area (Å²) in [6, 6.07) is 14.3. The zero-order valence-corrected chi connectivity index (χ0v) is 15.0. The lowest BCUT2D eigenvalue weighted by Gasteiger charge is -2.38. The van der Waals surface area contributed by atoms with Crippen LogP contribution in [0.4, 0.5) is 13.2 Å². The molecule has 5 heteroatoms. The van der Waals surface area contributed by atoms with Gasteiger partial charge in [0.25, 0.3) is 6.43 Å². The first-order valence-corrected chi connectivity index (χ1v) is 9.44. The predicted molar refractivity (Wildman–Crippen MR) is 97.2 cm³/mol. The van der Waals surface area contributed by atoms with Gasteiger partial charge < -0.3 is 0 Å². The smallest absolute Gasteiger partial charge is 0.266 e. The van der Waals surface area contributed by atoms with Crippen LogP contribution in [0.1, 0.15) is 53.6 Å². The van der Waals surface area contributed by atoms with Crippen molar-refractivity contribution in [2.24, 2.45) is 5.92 Å². The Bertz CT molecular complexity index is 810. The highest BCUT2D eigenvalue weighted by Gasteiger charge is 2.42. The third kappa shape index (κ3) is 3.65. The van der Waals surface area contributed by atoms with E-state index in [4.69, 9.17) is 0 Å². The number of rotatable bonds is 5. The Morgan fingerprint density at radius 1 is 1.04 bits per heavy atom. The second-order valence-electron chi connectivity index (χ2n) is 7.61. The summed E-state index contributed by atoms with van der Waals surface area (Å²) in [5.74, 6) is -1.28. The van der Waals surface area contributed by atoms with Gasteiger partial charge in [-0.25, -0.2) is 13.2 Å². The number of piperidine rings is 1. The molecule has 0 amide bonds. The van der Waals surface area contributed by atoms with Crippen molar-refractivity contribution < 1.29 is 18.0 Å². The van der Waals surface area contributed by atoms with Crippen LogP contribution >= 0.6 is 0 Å². The maximum absolute atomic E-state index is 13.9. The molecular formula is C22H22F3NO. The van der Waals surface area contributed by atoms with Crippen LogP contribution in [-0.2, 0) is 6.54 Å². The molecule has 0 saturated carbocycles. The Labute approximate surface area is 157 Å². The van der Waals surface area contributed by atoms with Gasteiger partial charge in [-0.1, -0.05) is 36.4 Å². The lowest BCUT2D eigenvalue weighted by Crippen LogP contribution is -2.44. The third-order valence-electron chi connectivity index (χ3n) is 5.98. The standard InChI is InChI=1S/C22H22F3NO/c23-20-12-15(6-9-19(20)22(24)25)21(27)16-10-17-7-8-18(11-16)26(17)13-14-4-2-1-3-5-14/h1-6,9,12,16-18,22H,7-8,10-11,13H2. The van der Waals surface area contributed by atoms with E-state index in [9.17, 15) is 18.0 Å². The van der Waals surface area contributed by atoms with E-state index in [1.54, 1.807) is 0 Å². The quantitative estimate of drug-likeness (QED) is 0.655. The molecule has 142 valence electrons. The fourth-order valence-corrected chi connectivity index (χ4v) is 4.63. The van der Waals surface area contributed by atoms with Gasteiger partial charge >= 0.3 is 0 Å². The lowest BCUT2D eigenvalue weighted by atomic mass is 9.84. The van der Waals surface area contributed by atoms with Gasteiger partial charge in [0.05, 0.1) is 5.56 Å². The van der Waals surface area contributed by atoms with Crippen molar-refractivity contribution in [1.29, 1.82) is 0 Å². The molecule has 2 aliphatic rings. The number of carbonyl (C=O) groups excluding carboxylic acids is 1. The monoisotopic (exact) mass is 373 g/mol. The maximum Gasteiger partial charge on any atom is 0.266 e. The summed E-state index contributed by atoms with van der Waals surface area (Å²) < 4.78 is 39.3. The molecule has 2 heterocycles. The number of hydrogen-bond donors (Lipinski definition) is 0. The topological polar surface area (TPSA) is 20.3 Å². The fraction of sp³-hybridized carbons (Fsp3) is 0.409. The highest BCUT2D eigenvalue weighted by atomic mass is 19.3. The summed E-state index contributed by atoms with van der Waals surface area (Å²) in [7, 11) is 0. The van der Waals surface area contributed by atoms with E-state index < -0.39 is 17.8 Å². The second-order valence-corrected chi connectivity index (χ2v) is 7.61. The molecule has 0 radical (unpaired) electrons. The summed E-state index contributed by atoms with van der Waals surface area (Å²) in [5.41, 5.74) is 0.825. The second kappa shape index (κ2) is 7.47. The third-order valence-corrected chi connectivity index (χ3v) is 5.98. The maximum atomic E-state index is 13.9. The summed E-state index contributed by atoms with van der Waals surface area (Å²) in [4.78, 5) is 15.3. The van der Waals surface area contributed by atoms with Gasteiger partial charge in [0.15, 0.2) is 5.78 Å². The van der Waals surface area contributed by atoms with E-state index in [-0.39, 0.29) is 17.3 Å². The number of alkyl halides is 2. The first-order valence-electron chi connectivity index (χ1n) is 9.44. The van der Waals surface area contributed by atoms with Gasteiger partial charge in [-0.15, -0.1) is 0 Å². The molecule has 27 heavy (non-hydrogen) atoms. The largest absolute Gasteiger partial charge is 0.294 e. The number of nitrogens with zero attached hydrogens (tertiary/aromatic N) is 1. The Balaban J connectivity index is 1.46. The van der Waals surface area contributed by atoms with Crippen LogP contribution in [0.15, 0.2) is 48.5 Å². The molecule has 2 atom stereocenters. The number of fused-ring (bicyclic) bond motifs is 2. The van der Waals surface area contributed by atoms with Gasteiger partial charge in [-0.2, -0.15) is 0 Å². The van der Waals surface area contributed by atoms with E-state index in [1.165, 1.54) is 11.6 Å². The molecule has 0 aliphatic carbocycles. The van der Waals surface area contributed by atoms with E-state index in [2.05, 4.69) is 17.0 Å². The summed E-state index contributed by atoms with van der Waals surface area (Å²) in [6.45, 7) is 0.884. The zero-order valence-electron chi connectivity index (χ0n) is 15.0. The van der Waals surface area contributed by atoms with Crippen LogP contribution in [0.2, 0.25) is 0 Å². The van der Waals surface area contributed by atoms with Crippen molar-refractivity contribution in [1.82, 2.24) is 4.90 Å². The average molecular weight is 373 g/mol. The first kappa shape index (κ1) is 18.2. The van der Waals surface area contributed by atoms with Crippen molar-refractivity contribution >= 4 is 5.78 Å². The van der Waals surface area contributed by atoms with Gasteiger partial charge in [0, 0.05) is 30.1 Å². The van der Waals surface area contributed by atoms with Crippen molar-refractivity contribution in [3.63, 3.8) is 0 Å². The lowest BCUT2D eigenvalue weighted by molar-refractivity contribution is 0.0677. The normalized spacial score (nSPS) is 25.1. The Morgan fingerprint density at radius 2 is 1.70 bits per heavy atom. The van der Waals surface area contributed by atoms with Crippen molar-refractivity contribution in [3.8, 4) is 0 Å². The minimum atomic E-state index is -2.87. The number of halogens is 3. The van der Waals surface area contributed by atoms with Crippen LogP contribution in [0, 0.1) is 11.7 Å². The summed E-state index contributed by atoms with van der Waals surface area (Å²) >= 11 is 0. The highest BCUT2D eigenvalue weighted by molar-refractivity contribution is 5.98. The van der Waals surface area contributed by atoms with Gasteiger partial charge in [-0.3, -0.25) is 9.69 Å². The van der Waals surface area contributed by atoms with Crippen LogP contribution in [0.5, 0.6) is 0 Å². The molecule has 2 aromatic carbocycles. The molecular weight excluding hydrogens is 351 g/mol. The number of benzene rings is 2. The van der Waals surface area contributed by atoms with E-state index in [0.717, 1.165) is 44.4 Å². The van der Waals surface area contributed by atoms with Gasteiger partial charge in [0.2, 0.25) is 0 Å². The van der Waals surface area contributed by atoms with Gasteiger partial charge in [-0.05, 0) is 43.4 Å². The summed E-state index contributed by atoms with van der Waals surface area (Å²) in [6.07, 6.45) is 0.770. The minimum absolute atomic E-state index is 0.119. The first-order chi connectivity index (χ1) is 13.0. The number of carbonyl (C=O) groups is 1. The molecule has 2 unspecified atom stereocenters. The van der Waals surface area contributed by atoms with Crippen molar-refractivity contribution in [2.45, 2.75) is 50.7 Å². The Hall–Kier alpha value is -2.14. The van der Waals surface area contributed by atoms with Crippen LogP contribution in [0.25, 0.3) is 0 Å². The minimum Gasteiger partial charge on any atom is -0.294 e. The van der Waals surface area contributed by atoms with E-state index in [1.807, 2.05) is 18.2 Å². The number of Topliss-reactive ketones (excluding diaryl/α,β-unsaturated/α-hetero) is 1. The van der Waals surface area contributed by atoms with Crippen molar-refractivity contribution in [3.05, 3.63) is 71.0 Å². The Morgan fingerprint density at radius 3 is 2.30 bits per heavy atom. The van der Waals surface area contributed by atoms with E-state index >= 15 is 0 Å². The predicted octanol–water partition coefficient (Wildman–Crippen LogP) is 5.39. The fourth-order valence-electron chi connectivity index (χ4n) is 4.63. The van der Waals surface area contributed by atoms with Crippen LogP contribution in [0.3, 0.4) is 0 Å². The SMILES string of the molecule is O=C(c1ccc(C(F)F)c(F)c1)C1CC2CCC(C1)N2Cc1ccccc1. The molecule has 0 spiro atoms. The van der Waals surface area contributed by atoms with Crippen molar-refractivity contribution in [2.75, 3.05) is 0 Å². The molecule has 2 bridgehead atoms. The van der Waals surface area contributed by atoms with Crippen LogP contribution < -0.4 is 0 Å². The number of ketones is 1. The molecule has 2 fully saturated rings. The number of hydrogen-bond acceptors (Lipinski definition) is 2. The molecule has 2 aliphatic heterocycles. The highest BCUT2D eigenvalue weighted by Crippen LogP contribution is 2.41. The average Bonchev–Trinajstić information content (AvgIpc) is 2.89. The van der Waals surface area contributed by atoms with E-state index in [0.29, 0.717) is 12.1 Å². The molecule has 0 aromatic heterocycles. The summed E-state index contributed by atoms with van der Waals surface area (Å²) in [5, 5.41) is 0. The molecule has 0 N–H and O–H groups in total. The van der Waals surface area contributed by atoms with Crippen LogP contribution in [-0.4, -0.2) is 22.8 Å². The molecule has 2 aromatic rings. The Kier molecular flexibility index (Phi) is 5.04.